The van der Waals surface area contributed by atoms with Gasteiger partial charge in [0.2, 0.25) is 5.91 Å². The third kappa shape index (κ3) is 5.61. The summed E-state index contributed by atoms with van der Waals surface area (Å²) in [5.74, 6) is -3.79. The maximum Gasteiger partial charge on any atom is 0.246 e. The number of phenols is 1. The Bertz CT molecular complexity index is 1780. The van der Waals surface area contributed by atoms with E-state index in [2.05, 4.69) is 18.0 Å². The fourth-order valence-corrected chi connectivity index (χ4v) is 7.31. The lowest BCUT2D eigenvalue weighted by Gasteiger charge is -2.48. The van der Waals surface area contributed by atoms with Crippen LogP contribution in [-0.2, 0) is 4.79 Å². The van der Waals surface area contributed by atoms with Crippen LogP contribution < -0.4 is 10.2 Å². The van der Waals surface area contributed by atoms with Gasteiger partial charge >= 0.3 is 0 Å². The molecule has 4 atom stereocenters. The number of nitrogens with zero attached hydrogens (tertiary/aromatic N) is 5. The monoisotopic (exact) mass is 704 g/mol. The lowest BCUT2D eigenvalue weighted by atomic mass is 9.90. The van der Waals surface area contributed by atoms with Crippen LogP contribution >= 0.6 is 34.8 Å². The maximum absolute atomic E-state index is 15.6. The second-order valence-electron chi connectivity index (χ2n) is 12.1. The zero-order valence-corrected chi connectivity index (χ0v) is 28.5. The summed E-state index contributed by atoms with van der Waals surface area (Å²) in [6.45, 7) is 13.7. The van der Waals surface area contributed by atoms with E-state index in [-0.39, 0.29) is 65.1 Å². The third-order valence-corrected chi connectivity index (χ3v) is 9.66. The Hall–Kier alpha value is -3.82. The Morgan fingerprint density at radius 1 is 1.19 bits per heavy atom. The molecule has 0 aliphatic carbocycles. The first kappa shape index (κ1) is 34.5. The minimum Gasteiger partial charge on any atom is -0.505 e. The number of nitrogens with one attached hydrogen (secondary N) is 1. The van der Waals surface area contributed by atoms with Crippen molar-refractivity contribution < 1.29 is 23.8 Å². The number of aromatic hydroxyl groups is 1. The molecule has 0 radical (unpaired) electrons. The van der Waals surface area contributed by atoms with Crippen LogP contribution in [0.25, 0.3) is 17.0 Å². The number of hydrogen-bond donors (Lipinski definition) is 3. The van der Waals surface area contributed by atoms with Crippen LogP contribution in [0.3, 0.4) is 0 Å². The molecule has 248 valence electrons. The van der Waals surface area contributed by atoms with Crippen molar-refractivity contribution in [3.05, 3.63) is 80.1 Å². The van der Waals surface area contributed by atoms with Gasteiger partial charge in [-0.25, -0.2) is 13.8 Å². The van der Waals surface area contributed by atoms with Crippen molar-refractivity contribution in [1.82, 2.24) is 20.1 Å². The molecule has 1 aromatic heterocycles. The molecule has 0 bridgehead atoms. The molecule has 1 amide bonds. The van der Waals surface area contributed by atoms with Crippen molar-refractivity contribution in [2.75, 3.05) is 18.0 Å². The Balaban J connectivity index is 1.82. The molecule has 2 aromatic rings. The predicted molar refractivity (Wildman–Crippen MR) is 178 cm³/mol. The Kier molecular flexibility index (Phi) is 9.55. The van der Waals surface area contributed by atoms with Gasteiger partial charge in [0.15, 0.2) is 17.9 Å². The summed E-state index contributed by atoms with van der Waals surface area (Å²) in [4.78, 5) is 22.5. The summed E-state index contributed by atoms with van der Waals surface area (Å²) in [6, 6.07) is 2.68. The van der Waals surface area contributed by atoms with E-state index in [4.69, 9.17) is 39.8 Å². The highest BCUT2D eigenvalue weighted by molar-refractivity contribution is 6.37. The van der Waals surface area contributed by atoms with Gasteiger partial charge in [0.25, 0.3) is 0 Å². The molecule has 1 fully saturated rings. The highest BCUT2D eigenvalue weighted by Crippen LogP contribution is 2.49. The van der Waals surface area contributed by atoms with Crippen molar-refractivity contribution in [3.63, 3.8) is 0 Å². The number of aromatic nitrogens is 1. The molecule has 9 nitrogen and oxygen atoms in total. The largest absolute Gasteiger partial charge is 0.505 e. The second-order valence-corrected chi connectivity index (χ2v) is 13.3. The number of piperazine rings is 1. The molecule has 1 aromatic carbocycles. The number of amides is 1. The third-order valence-electron chi connectivity index (χ3n) is 8.69. The number of pyridine rings is 1. The van der Waals surface area contributed by atoms with Crippen LogP contribution in [0.1, 0.15) is 40.2 Å². The van der Waals surface area contributed by atoms with E-state index in [0.29, 0.717) is 17.0 Å². The number of rotatable bonds is 5. The van der Waals surface area contributed by atoms with E-state index < -0.39 is 39.2 Å². The molecule has 5 rings (SSSR count). The zero-order chi connectivity index (χ0) is 34.6. The van der Waals surface area contributed by atoms with Crippen LogP contribution in [-0.4, -0.2) is 68.3 Å². The summed E-state index contributed by atoms with van der Waals surface area (Å²) in [5.41, 5.74) is 1.06. The van der Waals surface area contributed by atoms with Gasteiger partial charge in [0, 0.05) is 36.4 Å². The minimum atomic E-state index is -1.57. The summed E-state index contributed by atoms with van der Waals surface area (Å²) < 4.78 is 30.1. The van der Waals surface area contributed by atoms with Crippen LogP contribution in [0.5, 0.6) is 5.75 Å². The first-order valence-corrected chi connectivity index (χ1v) is 16.0. The average molecular weight is 706 g/mol. The van der Waals surface area contributed by atoms with Gasteiger partial charge in [0.05, 0.1) is 28.0 Å². The summed E-state index contributed by atoms with van der Waals surface area (Å²) >= 11 is 18.7. The number of hydrogen-bond acceptors (Lipinski definition) is 8. The number of anilines is 1. The topological polar surface area (TPSA) is 116 Å². The lowest BCUT2D eigenvalue weighted by Crippen LogP contribution is -2.58. The molecule has 2 unspecified atom stereocenters. The molecule has 4 heterocycles. The Labute approximate surface area is 286 Å². The highest BCUT2D eigenvalue weighted by Gasteiger charge is 2.44. The Morgan fingerprint density at radius 3 is 2.40 bits per heavy atom. The van der Waals surface area contributed by atoms with E-state index in [1.54, 1.807) is 11.1 Å². The molecule has 3 aliphatic rings. The van der Waals surface area contributed by atoms with Crippen LogP contribution in [0, 0.1) is 28.9 Å². The van der Waals surface area contributed by atoms with Crippen molar-refractivity contribution in [2.24, 2.45) is 5.92 Å². The highest BCUT2D eigenvalue weighted by atomic mass is 35.5. The smallest absolute Gasteiger partial charge is 0.246 e. The SMILES string of the molecule is C=CC(=O)N1[C@H](C)CN(C2=C(C#N)C(O)N(C3=C(C)C=CNC3C(C)C)c3nc(-c4c(O)c(Cl)c(F)c(Cl)c4F)c(Cl)cc32)C[C@@H]1C. The van der Waals surface area contributed by atoms with Crippen LogP contribution in [0.2, 0.25) is 15.1 Å². The number of dihydropyridines is 1. The number of halogens is 5. The van der Waals surface area contributed by atoms with Gasteiger partial charge in [-0.15, -0.1) is 0 Å². The van der Waals surface area contributed by atoms with Gasteiger partial charge in [0.1, 0.15) is 33.3 Å². The number of carbonyl (C=O) groups excluding carboxylic acids is 1. The Morgan fingerprint density at radius 2 is 1.83 bits per heavy atom. The van der Waals surface area contributed by atoms with E-state index >= 15 is 4.39 Å². The molecule has 3 N–H and O–H groups in total. The number of benzene rings is 1. The molecule has 3 aliphatic heterocycles. The zero-order valence-electron chi connectivity index (χ0n) is 26.2. The number of aliphatic hydroxyl groups is 1. The number of aliphatic hydroxyl groups excluding tert-OH is 1. The van der Waals surface area contributed by atoms with Gasteiger partial charge in [-0.05, 0) is 56.7 Å². The quantitative estimate of drug-likeness (QED) is 0.181. The molecule has 1 saturated heterocycles. The normalized spacial score (nSPS) is 22.8. The second kappa shape index (κ2) is 13.0. The van der Waals surface area contributed by atoms with E-state index in [1.807, 2.05) is 45.6 Å². The standard InChI is InChI=1S/C33H33Cl3F2N6O3/c1-7-21(45)43-16(5)12-42(13-17(43)6)30-18-10-20(34)28(22-25(37)23(35)26(38)24(36)31(22)46)41-32(18)44(33(47)19(30)11-39)29-15(4)8-9-40-27(29)14(2)3/h7-10,14,16-17,27,33,40,46-47H,1,12-13H2,2-6H3/t16-,17+,27?,33?. The molecule has 0 saturated carbocycles. The van der Waals surface area contributed by atoms with Crippen molar-refractivity contribution in [3.8, 4) is 23.1 Å². The number of carbonyl (C=O) groups is 1. The van der Waals surface area contributed by atoms with Crippen molar-refractivity contribution in [2.45, 2.75) is 59.0 Å². The number of phenolic OH excluding ortho intramolecular Hbond substituents is 1. The first-order chi connectivity index (χ1) is 22.2. The maximum atomic E-state index is 15.6. The fourth-order valence-electron chi connectivity index (χ4n) is 6.64. The first-order valence-electron chi connectivity index (χ1n) is 14.9. The minimum absolute atomic E-state index is 0.00314. The van der Waals surface area contributed by atoms with Crippen LogP contribution in [0.4, 0.5) is 14.6 Å². The number of nitriles is 1. The average Bonchev–Trinajstić information content (AvgIpc) is 3.02. The van der Waals surface area contributed by atoms with Crippen molar-refractivity contribution in [1.29, 1.82) is 5.26 Å². The molecule has 14 heteroatoms. The van der Waals surface area contributed by atoms with Gasteiger partial charge in [-0.1, -0.05) is 55.2 Å². The van der Waals surface area contributed by atoms with Gasteiger partial charge in [-0.2, -0.15) is 5.26 Å². The number of fused-ring (bicyclic) bond motifs is 1. The van der Waals surface area contributed by atoms with E-state index in [1.165, 1.54) is 17.0 Å². The fraction of sp³-hybridized carbons (Fsp3) is 0.364. The number of allylic oxidation sites excluding steroid dienone is 2. The lowest BCUT2D eigenvalue weighted by molar-refractivity contribution is -0.132. The molecule has 0 spiro atoms. The van der Waals surface area contributed by atoms with E-state index in [9.17, 15) is 24.7 Å². The summed E-state index contributed by atoms with van der Waals surface area (Å²) in [6.07, 6.45) is 3.28. The molecular weight excluding hydrogens is 673 g/mol. The molecular formula is C33H33Cl3F2N6O3. The summed E-state index contributed by atoms with van der Waals surface area (Å²) in [7, 11) is 0. The van der Waals surface area contributed by atoms with E-state index in [0.717, 1.165) is 5.57 Å². The predicted octanol–water partition coefficient (Wildman–Crippen LogP) is 6.59. The van der Waals surface area contributed by atoms with Crippen LogP contribution in [0.15, 0.2) is 47.8 Å². The van der Waals surface area contributed by atoms with Gasteiger partial charge < -0.3 is 25.3 Å². The molecule has 47 heavy (non-hydrogen) atoms. The van der Waals surface area contributed by atoms with Crippen molar-refractivity contribution >= 4 is 52.2 Å². The summed E-state index contributed by atoms with van der Waals surface area (Å²) in [5, 5.41) is 34.8. The van der Waals surface area contributed by atoms with Gasteiger partial charge in [-0.3, -0.25) is 9.69 Å².